The van der Waals surface area contributed by atoms with Gasteiger partial charge in [0.1, 0.15) is 0 Å². The van der Waals surface area contributed by atoms with Crippen LogP contribution in [0, 0.1) is 5.92 Å². The average molecular weight is 253 g/mol. The fraction of sp³-hybridized carbons (Fsp3) is 0.929. The Balaban J connectivity index is 1.80. The van der Waals surface area contributed by atoms with E-state index in [2.05, 4.69) is 36.0 Å². The van der Waals surface area contributed by atoms with Gasteiger partial charge in [0.15, 0.2) is 0 Å². The Morgan fingerprint density at radius 2 is 1.94 bits per heavy atom. The molecule has 0 atom stereocenters. The van der Waals surface area contributed by atoms with Crippen LogP contribution in [-0.4, -0.2) is 61.0 Å². The van der Waals surface area contributed by atoms with Crippen LogP contribution in [0.3, 0.4) is 0 Å². The molecule has 0 aromatic heterocycles. The lowest BCUT2D eigenvalue weighted by atomic mass is 9.92. The van der Waals surface area contributed by atoms with Crippen LogP contribution in [0.5, 0.6) is 0 Å². The van der Waals surface area contributed by atoms with Crippen LogP contribution >= 0.6 is 0 Å². The summed E-state index contributed by atoms with van der Waals surface area (Å²) in [5, 5.41) is 3.45. The summed E-state index contributed by atoms with van der Waals surface area (Å²) in [6.45, 7) is 9.26. The number of piperidine rings is 1. The number of carbonyl (C=O) groups is 1. The van der Waals surface area contributed by atoms with Gasteiger partial charge < -0.3 is 15.1 Å². The fourth-order valence-electron chi connectivity index (χ4n) is 3.00. The van der Waals surface area contributed by atoms with E-state index in [-0.39, 0.29) is 5.54 Å². The second kappa shape index (κ2) is 5.57. The molecule has 0 spiro atoms. The Bertz CT molecular complexity index is 295. The van der Waals surface area contributed by atoms with Crippen LogP contribution in [0.25, 0.3) is 0 Å². The first-order valence-electron chi connectivity index (χ1n) is 7.18. The molecular formula is C14H27N3O. The molecule has 18 heavy (non-hydrogen) atoms. The van der Waals surface area contributed by atoms with Crippen LogP contribution in [0.15, 0.2) is 0 Å². The van der Waals surface area contributed by atoms with Crippen molar-refractivity contribution in [2.75, 3.05) is 39.8 Å². The molecule has 2 saturated heterocycles. The van der Waals surface area contributed by atoms with E-state index >= 15 is 0 Å². The van der Waals surface area contributed by atoms with E-state index in [0.29, 0.717) is 11.8 Å². The molecule has 0 aliphatic carbocycles. The molecule has 0 radical (unpaired) electrons. The molecule has 2 heterocycles. The number of nitrogens with zero attached hydrogens (tertiary/aromatic N) is 2. The van der Waals surface area contributed by atoms with Crippen molar-refractivity contribution in [2.45, 2.75) is 38.6 Å². The molecule has 2 fully saturated rings. The van der Waals surface area contributed by atoms with Gasteiger partial charge in [0, 0.05) is 31.6 Å². The Morgan fingerprint density at radius 1 is 1.28 bits per heavy atom. The molecule has 1 N–H and O–H groups in total. The zero-order valence-corrected chi connectivity index (χ0v) is 12.0. The minimum Gasteiger partial charge on any atom is -0.340 e. The SMILES string of the molecule is CN1CCC(CC(=O)N2CCNC(C)(C)C2)CC1. The van der Waals surface area contributed by atoms with Gasteiger partial charge in [-0.3, -0.25) is 4.79 Å². The highest BCUT2D eigenvalue weighted by molar-refractivity contribution is 5.76. The molecule has 0 aromatic rings. The van der Waals surface area contributed by atoms with E-state index < -0.39 is 0 Å². The Labute approximate surface area is 111 Å². The first-order valence-corrected chi connectivity index (χ1v) is 7.18. The van der Waals surface area contributed by atoms with Crippen molar-refractivity contribution in [3.05, 3.63) is 0 Å². The molecular weight excluding hydrogens is 226 g/mol. The third kappa shape index (κ3) is 3.69. The molecule has 2 aliphatic heterocycles. The second-order valence-corrected chi connectivity index (χ2v) is 6.58. The summed E-state index contributed by atoms with van der Waals surface area (Å²) in [4.78, 5) is 16.7. The maximum absolute atomic E-state index is 12.3. The first-order chi connectivity index (χ1) is 8.46. The Kier molecular flexibility index (Phi) is 4.28. The molecule has 1 amide bonds. The molecule has 2 rings (SSSR count). The van der Waals surface area contributed by atoms with Crippen LogP contribution in [0.2, 0.25) is 0 Å². The van der Waals surface area contributed by atoms with Gasteiger partial charge in [-0.15, -0.1) is 0 Å². The predicted molar refractivity (Wildman–Crippen MR) is 73.5 cm³/mol. The minimum absolute atomic E-state index is 0.0701. The van der Waals surface area contributed by atoms with Gasteiger partial charge in [-0.1, -0.05) is 0 Å². The third-order valence-corrected chi connectivity index (χ3v) is 4.23. The number of piperazine rings is 1. The van der Waals surface area contributed by atoms with E-state index in [1.807, 2.05) is 0 Å². The molecule has 0 aromatic carbocycles. The third-order valence-electron chi connectivity index (χ3n) is 4.23. The topological polar surface area (TPSA) is 35.6 Å². The summed E-state index contributed by atoms with van der Waals surface area (Å²) < 4.78 is 0. The quantitative estimate of drug-likeness (QED) is 0.795. The maximum atomic E-state index is 12.3. The van der Waals surface area contributed by atoms with Gasteiger partial charge in [0.05, 0.1) is 0 Å². The molecule has 0 saturated carbocycles. The van der Waals surface area contributed by atoms with Gasteiger partial charge in [0.2, 0.25) is 5.91 Å². The number of nitrogens with one attached hydrogen (secondary N) is 1. The zero-order chi connectivity index (χ0) is 13.2. The summed E-state index contributed by atoms with van der Waals surface area (Å²) in [6, 6.07) is 0. The van der Waals surface area contributed by atoms with Crippen molar-refractivity contribution in [1.29, 1.82) is 0 Å². The van der Waals surface area contributed by atoms with Crippen molar-refractivity contribution < 1.29 is 4.79 Å². The lowest BCUT2D eigenvalue weighted by Crippen LogP contribution is -2.58. The standard InChI is InChI=1S/C14H27N3O/c1-14(2)11-17(9-6-15-14)13(18)10-12-4-7-16(3)8-5-12/h12,15H,4-11H2,1-3H3. The van der Waals surface area contributed by atoms with E-state index in [1.165, 1.54) is 12.8 Å². The number of hydrogen-bond donors (Lipinski definition) is 1. The smallest absolute Gasteiger partial charge is 0.222 e. The molecule has 2 aliphatic rings. The van der Waals surface area contributed by atoms with Crippen LogP contribution in [0.1, 0.15) is 33.1 Å². The number of carbonyl (C=O) groups excluding carboxylic acids is 1. The molecule has 0 bridgehead atoms. The fourth-order valence-corrected chi connectivity index (χ4v) is 3.00. The highest BCUT2D eigenvalue weighted by atomic mass is 16.2. The predicted octanol–water partition coefficient (Wildman–Crippen LogP) is 0.929. The Morgan fingerprint density at radius 3 is 2.56 bits per heavy atom. The van der Waals surface area contributed by atoms with Crippen molar-refractivity contribution in [3.8, 4) is 0 Å². The van der Waals surface area contributed by atoms with E-state index in [9.17, 15) is 4.79 Å². The second-order valence-electron chi connectivity index (χ2n) is 6.58. The van der Waals surface area contributed by atoms with Crippen LogP contribution < -0.4 is 5.32 Å². The molecule has 0 unspecified atom stereocenters. The Hall–Kier alpha value is -0.610. The summed E-state index contributed by atoms with van der Waals surface area (Å²) in [7, 11) is 2.16. The average Bonchev–Trinajstić information content (AvgIpc) is 2.31. The van der Waals surface area contributed by atoms with Crippen LogP contribution in [0.4, 0.5) is 0 Å². The highest BCUT2D eigenvalue weighted by Gasteiger charge is 2.30. The monoisotopic (exact) mass is 253 g/mol. The van der Waals surface area contributed by atoms with Gasteiger partial charge in [0.25, 0.3) is 0 Å². The first kappa shape index (κ1) is 13.8. The van der Waals surface area contributed by atoms with E-state index in [4.69, 9.17) is 0 Å². The lowest BCUT2D eigenvalue weighted by molar-refractivity contribution is -0.134. The van der Waals surface area contributed by atoms with Crippen LogP contribution in [-0.2, 0) is 4.79 Å². The number of likely N-dealkylation sites (tertiary alicyclic amines) is 1. The van der Waals surface area contributed by atoms with Gasteiger partial charge in [-0.05, 0) is 52.7 Å². The molecule has 104 valence electrons. The summed E-state index contributed by atoms with van der Waals surface area (Å²) in [6.07, 6.45) is 3.11. The normalized spacial score (nSPS) is 26.3. The summed E-state index contributed by atoms with van der Waals surface area (Å²) in [5.41, 5.74) is 0.0701. The van der Waals surface area contributed by atoms with E-state index in [1.54, 1.807) is 0 Å². The minimum atomic E-state index is 0.0701. The number of amides is 1. The van der Waals surface area contributed by atoms with Crippen molar-refractivity contribution >= 4 is 5.91 Å². The van der Waals surface area contributed by atoms with Crippen molar-refractivity contribution in [1.82, 2.24) is 15.1 Å². The van der Waals surface area contributed by atoms with Gasteiger partial charge in [-0.2, -0.15) is 0 Å². The lowest BCUT2D eigenvalue weighted by Gasteiger charge is -2.40. The number of rotatable bonds is 2. The number of hydrogen-bond acceptors (Lipinski definition) is 3. The molecule has 4 nitrogen and oxygen atoms in total. The van der Waals surface area contributed by atoms with E-state index in [0.717, 1.165) is 39.1 Å². The summed E-state index contributed by atoms with van der Waals surface area (Å²) >= 11 is 0. The highest BCUT2D eigenvalue weighted by Crippen LogP contribution is 2.21. The van der Waals surface area contributed by atoms with Crippen molar-refractivity contribution in [3.63, 3.8) is 0 Å². The molecule has 4 heteroatoms. The van der Waals surface area contributed by atoms with Gasteiger partial charge >= 0.3 is 0 Å². The largest absolute Gasteiger partial charge is 0.340 e. The maximum Gasteiger partial charge on any atom is 0.222 e. The van der Waals surface area contributed by atoms with Crippen molar-refractivity contribution in [2.24, 2.45) is 5.92 Å². The van der Waals surface area contributed by atoms with Gasteiger partial charge in [-0.25, -0.2) is 0 Å². The zero-order valence-electron chi connectivity index (χ0n) is 12.0. The summed E-state index contributed by atoms with van der Waals surface area (Å²) in [5.74, 6) is 0.964.